The van der Waals surface area contributed by atoms with Crippen LogP contribution in [0.25, 0.3) is 11.3 Å². The van der Waals surface area contributed by atoms with Gasteiger partial charge in [-0.05, 0) is 76.4 Å². The maximum absolute atomic E-state index is 10.3. The van der Waals surface area contributed by atoms with E-state index in [1.165, 1.54) is 12.8 Å². The first-order valence-corrected chi connectivity index (χ1v) is 13.0. The first-order valence-electron chi connectivity index (χ1n) is 13.0. The van der Waals surface area contributed by atoms with Crippen molar-refractivity contribution < 1.29 is 5.11 Å². The Balaban J connectivity index is 1.33. The van der Waals surface area contributed by atoms with Crippen LogP contribution in [0.4, 0.5) is 17.3 Å². The van der Waals surface area contributed by atoms with E-state index in [9.17, 15) is 5.11 Å². The summed E-state index contributed by atoms with van der Waals surface area (Å²) in [6, 6.07) is 11.5. The summed E-state index contributed by atoms with van der Waals surface area (Å²) >= 11 is 0. The number of phenolic OH excluding ortho intramolecular Hbond substituents is 1. The summed E-state index contributed by atoms with van der Waals surface area (Å²) in [5, 5.41) is 18.7. The molecule has 0 bridgehead atoms. The van der Waals surface area contributed by atoms with Gasteiger partial charge in [-0.1, -0.05) is 18.1 Å². The minimum atomic E-state index is 0.168. The molecule has 2 atom stereocenters. The summed E-state index contributed by atoms with van der Waals surface area (Å²) in [7, 11) is 2.14. The Morgan fingerprint density at radius 1 is 1.03 bits per heavy atom. The minimum absolute atomic E-state index is 0.168. The molecule has 1 unspecified atom stereocenters. The number of nitrogen functional groups attached to an aromatic ring is 1. The molecule has 0 aliphatic carbocycles. The Hall–Kier alpha value is -3.90. The number of hydrogen-bond acceptors (Lipinski definition) is 9. The van der Waals surface area contributed by atoms with Crippen molar-refractivity contribution in [2.45, 2.75) is 44.7 Å². The van der Waals surface area contributed by atoms with Crippen LogP contribution in [0, 0.1) is 11.8 Å². The van der Waals surface area contributed by atoms with Crippen molar-refractivity contribution in [2.24, 2.45) is 0 Å². The molecule has 0 saturated carbocycles. The lowest BCUT2D eigenvalue weighted by Crippen LogP contribution is -2.36. The number of aromatic hydroxyl groups is 1. The largest absolute Gasteiger partial charge is 0.507 e. The smallest absolute Gasteiger partial charge is 0.206 e. The molecule has 2 fully saturated rings. The Labute approximate surface area is 218 Å². The number of likely N-dealkylation sites (tertiary alicyclic amines) is 1. The molecule has 1 aromatic carbocycles. The van der Waals surface area contributed by atoms with E-state index < -0.39 is 0 Å². The first kappa shape index (κ1) is 24.8. The van der Waals surface area contributed by atoms with Gasteiger partial charge >= 0.3 is 0 Å². The number of benzene rings is 1. The maximum Gasteiger partial charge on any atom is 0.206 e. The summed E-state index contributed by atoms with van der Waals surface area (Å²) in [5.74, 6) is 8.61. The third-order valence-electron chi connectivity index (χ3n) is 7.34. The molecule has 2 aliphatic rings. The van der Waals surface area contributed by atoms with Gasteiger partial charge < -0.3 is 20.6 Å². The third kappa shape index (κ3) is 5.59. The second kappa shape index (κ2) is 11.0. The fourth-order valence-electron chi connectivity index (χ4n) is 5.08. The number of piperidine rings is 1. The topological polar surface area (TPSA) is 108 Å². The molecular weight excluding hydrogens is 464 g/mol. The monoisotopic (exact) mass is 498 g/mol. The van der Waals surface area contributed by atoms with Gasteiger partial charge in [0.25, 0.3) is 0 Å². The molecule has 0 amide bonds. The van der Waals surface area contributed by atoms with Gasteiger partial charge in [-0.25, -0.2) is 9.97 Å². The molecule has 37 heavy (non-hydrogen) atoms. The lowest BCUT2D eigenvalue weighted by Gasteiger charge is -2.28. The minimum Gasteiger partial charge on any atom is -0.507 e. The van der Waals surface area contributed by atoms with Crippen molar-refractivity contribution in [3.63, 3.8) is 0 Å². The van der Waals surface area contributed by atoms with E-state index in [0.717, 1.165) is 50.5 Å². The molecule has 0 radical (unpaired) electrons. The van der Waals surface area contributed by atoms with Crippen molar-refractivity contribution in [1.29, 1.82) is 0 Å². The highest BCUT2D eigenvalue weighted by atomic mass is 16.3. The van der Waals surface area contributed by atoms with Gasteiger partial charge in [0.1, 0.15) is 11.6 Å². The highest BCUT2D eigenvalue weighted by Gasteiger charge is 2.24. The second-order valence-corrected chi connectivity index (χ2v) is 9.84. The van der Waals surface area contributed by atoms with Gasteiger partial charge in [0.15, 0.2) is 5.82 Å². The predicted molar refractivity (Wildman–Crippen MR) is 146 cm³/mol. The van der Waals surface area contributed by atoms with Crippen molar-refractivity contribution in [3.05, 3.63) is 48.4 Å². The second-order valence-electron chi connectivity index (χ2n) is 9.84. The lowest BCUT2D eigenvalue weighted by molar-refractivity contribution is 0.229. The van der Waals surface area contributed by atoms with Gasteiger partial charge in [0.2, 0.25) is 5.82 Å². The number of para-hydroxylation sites is 1. The normalized spacial score (nSPS) is 20.7. The molecule has 9 nitrogen and oxygen atoms in total. The summed E-state index contributed by atoms with van der Waals surface area (Å²) in [6.45, 7) is 5.64. The molecular formula is C28H34N8O. The Bertz CT molecular complexity index is 1300. The van der Waals surface area contributed by atoms with Crippen LogP contribution in [0.5, 0.6) is 5.75 Å². The van der Waals surface area contributed by atoms with Crippen molar-refractivity contribution in [2.75, 3.05) is 48.8 Å². The Kier molecular flexibility index (Phi) is 7.37. The lowest BCUT2D eigenvalue weighted by atomic mass is 10.0. The van der Waals surface area contributed by atoms with Crippen molar-refractivity contribution >= 4 is 17.3 Å². The number of nitrogens with zero attached hydrogens (tertiary/aromatic N) is 7. The van der Waals surface area contributed by atoms with Crippen LogP contribution in [-0.4, -0.2) is 75.5 Å². The molecule has 5 rings (SSSR count). The number of anilines is 3. The maximum atomic E-state index is 10.3. The Morgan fingerprint density at radius 2 is 1.89 bits per heavy atom. The number of nitrogens with two attached hydrogens (primary N) is 1. The fourth-order valence-corrected chi connectivity index (χ4v) is 5.08. The van der Waals surface area contributed by atoms with Gasteiger partial charge in [-0.15, -0.1) is 10.2 Å². The Morgan fingerprint density at radius 3 is 2.73 bits per heavy atom. The molecule has 3 N–H and O–H groups in total. The number of rotatable bonds is 3. The van der Waals surface area contributed by atoms with Gasteiger partial charge in [-0.3, -0.25) is 4.90 Å². The number of aromatic nitrogens is 4. The first-order chi connectivity index (χ1) is 18.0. The molecule has 2 aromatic heterocycles. The van der Waals surface area contributed by atoms with Crippen molar-refractivity contribution in [1.82, 2.24) is 25.1 Å². The van der Waals surface area contributed by atoms with E-state index >= 15 is 0 Å². The van der Waals surface area contributed by atoms with E-state index in [4.69, 9.17) is 10.7 Å². The zero-order valence-electron chi connectivity index (χ0n) is 21.5. The zero-order valence-corrected chi connectivity index (χ0v) is 21.5. The molecule has 4 heterocycles. The third-order valence-corrected chi connectivity index (χ3v) is 7.34. The van der Waals surface area contributed by atoms with E-state index in [-0.39, 0.29) is 17.8 Å². The summed E-state index contributed by atoms with van der Waals surface area (Å²) < 4.78 is 0. The van der Waals surface area contributed by atoms with Gasteiger partial charge in [0, 0.05) is 37.4 Å². The number of phenols is 1. The highest BCUT2D eigenvalue weighted by molar-refractivity contribution is 5.74. The van der Waals surface area contributed by atoms with Crippen molar-refractivity contribution in [3.8, 4) is 28.8 Å². The van der Waals surface area contributed by atoms with Gasteiger partial charge in [-0.2, -0.15) is 0 Å². The van der Waals surface area contributed by atoms with Crippen LogP contribution in [0.1, 0.15) is 38.4 Å². The predicted octanol–water partition coefficient (Wildman–Crippen LogP) is 3.16. The summed E-state index contributed by atoms with van der Waals surface area (Å²) in [4.78, 5) is 16.1. The molecule has 3 aromatic rings. The number of hydrogen-bond donors (Lipinski definition) is 2. The SMILES string of the molecule is C[C@@H]1CCN(c2cc(-c3ccccc3O)nnc2N)CCN1c1ccnc(C#CC2CCCCN2C)n1. The summed E-state index contributed by atoms with van der Waals surface area (Å²) in [6.07, 6.45) is 6.28. The van der Waals surface area contributed by atoms with E-state index in [1.807, 2.05) is 24.3 Å². The van der Waals surface area contributed by atoms with E-state index in [2.05, 4.69) is 55.7 Å². The molecule has 9 heteroatoms. The van der Waals surface area contributed by atoms with Gasteiger partial charge in [0.05, 0.1) is 17.4 Å². The van der Waals surface area contributed by atoms with Crippen LogP contribution in [0.2, 0.25) is 0 Å². The zero-order chi connectivity index (χ0) is 25.8. The fraction of sp³-hybridized carbons (Fsp3) is 0.429. The van der Waals surface area contributed by atoms with Crippen LogP contribution >= 0.6 is 0 Å². The highest BCUT2D eigenvalue weighted by Crippen LogP contribution is 2.32. The average Bonchev–Trinajstić information content (AvgIpc) is 3.10. The van der Waals surface area contributed by atoms with E-state index in [1.54, 1.807) is 18.3 Å². The molecule has 2 saturated heterocycles. The molecule has 192 valence electrons. The van der Waals surface area contributed by atoms with Crippen LogP contribution < -0.4 is 15.5 Å². The summed E-state index contributed by atoms with van der Waals surface area (Å²) in [5.41, 5.74) is 8.32. The average molecular weight is 499 g/mol. The molecule has 2 aliphatic heterocycles. The standard InChI is InChI=1S/C28H34N8O/c1-20-13-16-35(24-19-23(32-33-28(24)29)22-8-3-4-9-25(22)37)17-18-36(20)27-12-14-30-26(31-27)11-10-21-7-5-6-15-34(21)2/h3-4,8-9,12,14,19-21,37H,5-7,13,15-18H2,1-2H3,(H2,29,33)/t20-,21?/m1/s1. The molecule has 0 spiro atoms. The quantitative estimate of drug-likeness (QED) is 0.527. The van der Waals surface area contributed by atoms with E-state index in [0.29, 0.717) is 22.9 Å². The van der Waals surface area contributed by atoms with Crippen LogP contribution in [0.15, 0.2) is 42.6 Å². The van der Waals surface area contributed by atoms with Crippen LogP contribution in [-0.2, 0) is 0 Å². The van der Waals surface area contributed by atoms with Crippen LogP contribution in [0.3, 0.4) is 0 Å².